The van der Waals surface area contributed by atoms with Gasteiger partial charge in [0.25, 0.3) is 0 Å². The fraction of sp³-hybridized carbons (Fsp3) is 0.333. The SMILES string of the molecule is CCCCc1cc(C)nc2c(-c3sc4ccc(F)cc4c3C)c(C)nn12. The van der Waals surface area contributed by atoms with Crippen molar-refractivity contribution in [2.24, 2.45) is 0 Å². The molecule has 26 heavy (non-hydrogen) atoms. The standard InChI is InChI=1S/C21H22FN3S/c1-5-6-7-16-10-12(2)23-21-19(14(4)24-25(16)21)20-13(3)17-11-15(22)8-9-18(17)26-20/h8-11H,5-7H2,1-4H3. The van der Waals surface area contributed by atoms with Crippen LogP contribution in [0.25, 0.3) is 26.2 Å². The molecule has 134 valence electrons. The van der Waals surface area contributed by atoms with E-state index in [0.29, 0.717) is 0 Å². The van der Waals surface area contributed by atoms with E-state index in [1.807, 2.05) is 24.4 Å². The van der Waals surface area contributed by atoms with Gasteiger partial charge in [-0.05, 0) is 68.8 Å². The zero-order valence-corrected chi connectivity index (χ0v) is 16.4. The number of aromatic nitrogens is 3. The lowest BCUT2D eigenvalue weighted by Gasteiger charge is -2.06. The molecule has 0 fully saturated rings. The first-order valence-electron chi connectivity index (χ1n) is 9.04. The van der Waals surface area contributed by atoms with Crippen LogP contribution in [0.15, 0.2) is 24.3 Å². The molecule has 3 heterocycles. The van der Waals surface area contributed by atoms with Gasteiger partial charge in [0.1, 0.15) is 5.82 Å². The molecule has 0 aliphatic heterocycles. The second-order valence-electron chi connectivity index (χ2n) is 6.88. The van der Waals surface area contributed by atoms with Crippen molar-refractivity contribution in [1.82, 2.24) is 14.6 Å². The summed E-state index contributed by atoms with van der Waals surface area (Å²) in [5, 5.41) is 5.77. The highest BCUT2D eigenvalue weighted by Gasteiger charge is 2.20. The van der Waals surface area contributed by atoms with Gasteiger partial charge in [-0.15, -0.1) is 11.3 Å². The zero-order valence-electron chi connectivity index (χ0n) is 15.6. The predicted molar refractivity (Wildman–Crippen MR) is 107 cm³/mol. The van der Waals surface area contributed by atoms with E-state index in [9.17, 15) is 4.39 Å². The molecule has 0 unspecified atom stereocenters. The van der Waals surface area contributed by atoms with Crippen LogP contribution in [0.4, 0.5) is 4.39 Å². The van der Waals surface area contributed by atoms with Gasteiger partial charge in [0, 0.05) is 21.0 Å². The number of rotatable bonds is 4. The molecule has 0 bridgehead atoms. The highest BCUT2D eigenvalue weighted by molar-refractivity contribution is 7.22. The van der Waals surface area contributed by atoms with Gasteiger partial charge in [-0.25, -0.2) is 13.9 Å². The molecule has 3 aromatic heterocycles. The molecule has 0 aliphatic rings. The van der Waals surface area contributed by atoms with Crippen LogP contribution >= 0.6 is 11.3 Å². The first kappa shape index (κ1) is 17.2. The molecule has 0 aliphatic carbocycles. The van der Waals surface area contributed by atoms with Crippen molar-refractivity contribution in [1.29, 1.82) is 0 Å². The van der Waals surface area contributed by atoms with Crippen molar-refractivity contribution in [3.63, 3.8) is 0 Å². The van der Waals surface area contributed by atoms with Gasteiger partial charge in [0.05, 0.1) is 11.3 Å². The smallest absolute Gasteiger partial charge is 0.164 e. The number of thiophene rings is 1. The minimum absolute atomic E-state index is 0.197. The maximum absolute atomic E-state index is 13.7. The molecule has 3 nitrogen and oxygen atoms in total. The summed E-state index contributed by atoms with van der Waals surface area (Å²) >= 11 is 1.69. The molecule has 0 radical (unpaired) electrons. The Morgan fingerprint density at radius 2 is 1.96 bits per heavy atom. The molecular weight excluding hydrogens is 345 g/mol. The largest absolute Gasteiger partial charge is 0.233 e. The summed E-state index contributed by atoms with van der Waals surface area (Å²) in [7, 11) is 0. The van der Waals surface area contributed by atoms with Crippen LogP contribution in [0.5, 0.6) is 0 Å². The average molecular weight is 367 g/mol. The summed E-state index contributed by atoms with van der Waals surface area (Å²) in [6, 6.07) is 7.14. The molecule has 4 rings (SSSR count). The Bertz CT molecular complexity index is 1120. The maximum atomic E-state index is 13.7. The first-order chi connectivity index (χ1) is 12.5. The summed E-state index contributed by atoms with van der Waals surface area (Å²) in [4.78, 5) is 5.94. The summed E-state index contributed by atoms with van der Waals surface area (Å²) in [6.45, 7) is 8.33. The van der Waals surface area contributed by atoms with Gasteiger partial charge < -0.3 is 0 Å². The van der Waals surface area contributed by atoms with Gasteiger partial charge in [-0.1, -0.05) is 13.3 Å². The molecule has 0 spiro atoms. The summed E-state index contributed by atoms with van der Waals surface area (Å²) < 4.78 is 16.8. The van der Waals surface area contributed by atoms with Crippen LogP contribution in [0.1, 0.15) is 42.4 Å². The lowest BCUT2D eigenvalue weighted by molar-refractivity contribution is 0.630. The number of unbranched alkanes of at least 4 members (excludes halogenated alkanes) is 1. The molecule has 0 saturated carbocycles. The Balaban J connectivity index is 1.99. The number of hydrogen-bond acceptors (Lipinski definition) is 3. The van der Waals surface area contributed by atoms with Crippen molar-refractivity contribution in [3.8, 4) is 10.4 Å². The lowest BCUT2D eigenvalue weighted by atomic mass is 10.1. The molecule has 0 N–H and O–H groups in total. The second-order valence-corrected chi connectivity index (χ2v) is 7.94. The third kappa shape index (κ3) is 2.71. The predicted octanol–water partition coefficient (Wildman–Crippen LogP) is 6.02. The van der Waals surface area contributed by atoms with Crippen LogP contribution < -0.4 is 0 Å². The summed E-state index contributed by atoms with van der Waals surface area (Å²) in [5.74, 6) is -0.197. The minimum atomic E-state index is -0.197. The number of aryl methyl sites for hydroxylation is 4. The van der Waals surface area contributed by atoms with E-state index in [4.69, 9.17) is 10.1 Å². The fourth-order valence-electron chi connectivity index (χ4n) is 3.55. The Hall–Kier alpha value is -2.27. The van der Waals surface area contributed by atoms with Gasteiger partial charge >= 0.3 is 0 Å². The van der Waals surface area contributed by atoms with Gasteiger partial charge in [-0.2, -0.15) is 5.10 Å². The summed E-state index contributed by atoms with van der Waals surface area (Å²) in [5.41, 5.74) is 6.26. The molecule has 0 amide bonds. The number of nitrogens with zero attached hydrogens (tertiary/aromatic N) is 3. The Labute approximate surface area is 156 Å². The molecule has 0 atom stereocenters. The van der Waals surface area contributed by atoms with E-state index in [1.165, 1.54) is 11.8 Å². The van der Waals surface area contributed by atoms with Crippen molar-refractivity contribution < 1.29 is 4.39 Å². The summed E-state index contributed by atoms with van der Waals surface area (Å²) in [6.07, 6.45) is 3.28. The van der Waals surface area contributed by atoms with E-state index >= 15 is 0 Å². The van der Waals surface area contributed by atoms with Crippen LogP contribution in [0, 0.1) is 26.6 Å². The number of benzene rings is 1. The fourth-order valence-corrected chi connectivity index (χ4v) is 4.84. The van der Waals surface area contributed by atoms with Crippen molar-refractivity contribution in [3.05, 3.63) is 52.7 Å². The Kier molecular flexibility index (Phi) is 4.27. The Morgan fingerprint density at radius 1 is 1.15 bits per heavy atom. The lowest BCUT2D eigenvalue weighted by Crippen LogP contribution is -2.02. The van der Waals surface area contributed by atoms with Crippen molar-refractivity contribution >= 4 is 27.1 Å². The molecule has 0 saturated heterocycles. The highest BCUT2D eigenvalue weighted by Crippen LogP contribution is 2.41. The van der Waals surface area contributed by atoms with Gasteiger partial charge in [0.2, 0.25) is 0 Å². The van der Waals surface area contributed by atoms with Gasteiger partial charge in [0.15, 0.2) is 5.65 Å². The molecule has 1 aromatic carbocycles. The van der Waals surface area contributed by atoms with Crippen LogP contribution in [-0.2, 0) is 6.42 Å². The second kappa shape index (κ2) is 6.47. The third-order valence-electron chi connectivity index (χ3n) is 4.88. The highest BCUT2D eigenvalue weighted by atomic mass is 32.1. The molecular formula is C21H22FN3S. The van der Waals surface area contributed by atoms with Crippen LogP contribution in [-0.4, -0.2) is 14.6 Å². The van der Waals surface area contributed by atoms with Crippen LogP contribution in [0.2, 0.25) is 0 Å². The van der Waals surface area contributed by atoms with E-state index in [-0.39, 0.29) is 5.82 Å². The molecule has 5 heteroatoms. The Morgan fingerprint density at radius 3 is 2.73 bits per heavy atom. The van der Waals surface area contributed by atoms with Crippen molar-refractivity contribution in [2.75, 3.05) is 0 Å². The quantitative estimate of drug-likeness (QED) is 0.441. The topological polar surface area (TPSA) is 30.2 Å². The average Bonchev–Trinajstić information content (AvgIpc) is 3.09. The molecule has 4 aromatic rings. The van der Waals surface area contributed by atoms with Crippen molar-refractivity contribution in [2.45, 2.75) is 47.0 Å². The van der Waals surface area contributed by atoms with E-state index < -0.39 is 0 Å². The van der Waals surface area contributed by atoms with E-state index in [0.717, 1.165) is 62.4 Å². The third-order valence-corrected chi connectivity index (χ3v) is 6.17. The zero-order chi connectivity index (χ0) is 18.4. The van der Waals surface area contributed by atoms with E-state index in [1.54, 1.807) is 17.4 Å². The van der Waals surface area contributed by atoms with Crippen LogP contribution in [0.3, 0.4) is 0 Å². The van der Waals surface area contributed by atoms with Gasteiger partial charge in [-0.3, -0.25) is 0 Å². The monoisotopic (exact) mass is 367 g/mol. The number of hydrogen-bond donors (Lipinski definition) is 0. The maximum Gasteiger partial charge on any atom is 0.164 e. The minimum Gasteiger partial charge on any atom is -0.233 e. The number of fused-ring (bicyclic) bond motifs is 2. The number of halogens is 1. The van der Waals surface area contributed by atoms with E-state index in [2.05, 4.69) is 19.9 Å². The normalized spacial score (nSPS) is 11.7. The first-order valence-corrected chi connectivity index (χ1v) is 9.86.